The van der Waals surface area contributed by atoms with Gasteiger partial charge in [0.2, 0.25) is 0 Å². The van der Waals surface area contributed by atoms with Gasteiger partial charge in [0.1, 0.15) is 22.5 Å². The number of hydrogen-bond donors (Lipinski definition) is 2. The van der Waals surface area contributed by atoms with E-state index in [1.807, 2.05) is 13.1 Å². The Morgan fingerprint density at radius 2 is 2.22 bits per heavy atom. The number of halogens is 1. The number of aromatic nitrogens is 5. The topological polar surface area (TPSA) is 96.7 Å². The van der Waals surface area contributed by atoms with Crippen LogP contribution < -0.4 is 0 Å². The molecule has 0 aliphatic heterocycles. The molecule has 1 aromatic carbocycles. The van der Waals surface area contributed by atoms with E-state index in [0.29, 0.717) is 27.6 Å². The highest BCUT2D eigenvalue weighted by Crippen LogP contribution is 2.29. The molecule has 0 radical (unpaired) electrons. The van der Waals surface area contributed by atoms with Crippen LogP contribution in [0.2, 0.25) is 5.02 Å². The number of carboxylic acids is 1. The Balaban J connectivity index is 2.00. The molecule has 0 bridgehead atoms. The van der Waals surface area contributed by atoms with Crippen molar-refractivity contribution >= 4 is 39.6 Å². The van der Waals surface area contributed by atoms with E-state index in [1.165, 1.54) is 6.20 Å². The highest BCUT2D eigenvalue weighted by molar-refractivity contribution is 6.31. The lowest BCUT2D eigenvalue weighted by Crippen LogP contribution is -1.97. The fourth-order valence-electron chi connectivity index (χ4n) is 2.60. The monoisotopic (exact) mass is 327 g/mol. The average Bonchev–Trinajstić information content (AvgIpc) is 3.08. The van der Waals surface area contributed by atoms with Crippen molar-refractivity contribution in [1.82, 2.24) is 24.7 Å². The maximum atomic E-state index is 11.3. The summed E-state index contributed by atoms with van der Waals surface area (Å²) in [7, 11) is 1.82. The first kappa shape index (κ1) is 13.7. The van der Waals surface area contributed by atoms with E-state index in [4.69, 9.17) is 11.6 Å². The first-order valence-corrected chi connectivity index (χ1v) is 7.12. The number of H-pyrrole nitrogens is 1. The van der Waals surface area contributed by atoms with Crippen molar-refractivity contribution in [2.45, 2.75) is 0 Å². The molecule has 114 valence electrons. The van der Waals surface area contributed by atoms with Gasteiger partial charge in [0.15, 0.2) is 5.65 Å². The predicted octanol–water partition coefficient (Wildman–Crippen LogP) is 2.86. The van der Waals surface area contributed by atoms with Crippen LogP contribution in [0.3, 0.4) is 0 Å². The van der Waals surface area contributed by atoms with Crippen LogP contribution in [0, 0.1) is 0 Å². The second-order valence-electron chi connectivity index (χ2n) is 5.09. The Morgan fingerprint density at radius 1 is 1.39 bits per heavy atom. The first-order chi connectivity index (χ1) is 11.0. The van der Waals surface area contributed by atoms with E-state index < -0.39 is 5.97 Å². The van der Waals surface area contributed by atoms with Gasteiger partial charge in [-0.25, -0.2) is 14.8 Å². The van der Waals surface area contributed by atoms with E-state index in [9.17, 15) is 9.90 Å². The summed E-state index contributed by atoms with van der Waals surface area (Å²) >= 11 is 6.08. The van der Waals surface area contributed by atoms with Gasteiger partial charge in [0, 0.05) is 23.7 Å². The standard InChI is InChI=1S/C15H10ClN5O2/c1-21-11-3-2-7(16)4-8(11)12(20-21)10-6-18-14-13(19-10)9(5-17-14)15(22)23/h2-6H,1H3,(H,17,18)(H,22,23). The summed E-state index contributed by atoms with van der Waals surface area (Å²) in [4.78, 5) is 22.7. The van der Waals surface area contributed by atoms with Gasteiger partial charge in [-0.15, -0.1) is 0 Å². The molecule has 23 heavy (non-hydrogen) atoms. The van der Waals surface area contributed by atoms with E-state index in [-0.39, 0.29) is 5.56 Å². The number of rotatable bonds is 2. The summed E-state index contributed by atoms with van der Waals surface area (Å²) < 4.78 is 1.72. The van der Waals surface area contributed by atoms with Crippen molar-refractivity contribution in [3.8, 4) is 11.4 Å². The van der Waals surface area contributed by atoms with Crippen LogP contribution in [0.5, 0.6) is 0 Å². The lowest BCUT2D eigenvalue weighted by atomic mass is 10.1. The van der Waals surface area contributed by atoms with Crippen molar-refractivity contribution in [3.63, 3.8) is 0 Å². The number of carboxylic acid groups (broad SMARTS) is 1. The summed E-state index contributed by atoms with van der Waals surface area (Å²) in [6.07, 6.45) is 2.94. The number of nitrogens with zero attached hydrogens (tertiary/aromatic N) is 4. The van der Waals surface area contributed by atoms with Crippen LogP contribution in [0.15, 0.2) is 30.6 Å². The minimum Gasteiger partial charge on any atom is -0.478 e. The van der Waals surface area contributed by atoms with E-state index in [1.54, 1.807) is 23.0 Å². The molecule has 8 heteroatoms. The molecule has 7 nitrogen and oxygen atoms in total. The molecule has 0 fully saturated rings. The van der Waals surface area contributed by atoms with E-state index >= 15 is 0 Å². The van der Waals surface area contributed by atoms with Gasteiger partial charge >= 0.3 is 5.97 Å². The maximum absolute atomic E-state index is 11.3. The van der Waals surface area contributed by atoms with Crippen LogP contribution >= 0.6 is 11.6 Å². The van der Waals surface area contributed by atoms with Crippen LogP contribution in [0.4, 0.5) is 0 Å². The third-order valence-electron chi connectivity index (χ3n) is 3.67. The van der Waals surface area contributed by atoms with Gasteiger partial charge in [-0.3, -0.25) is 4.68 Å². The molecule has 0 atom stereocenters. The zero-order valence-corrected chi connectivity index (χ0v) is 12.7. The predicted molar refractivity (Wildman–Crippen MR) is 85.6 cm³/mol. The number of fused-ring (bicyclic) bond motifs is 2. The lowest BCUT2D eigenvalue weighted by Gasteiger charge is -1.98. The Hall–Kier alpha value is -2.93. The van der Waals surface area contributed by atoms with Crippen molar-refractivity contribution in [1.29, 1.82) is 0 Å². The molecule has 2 N–H and O–H groups in total. The van der Waals surface area contributed by atoms with Crippen LogP contribution in [0.1, 0.15) is 10.4 Å². The number of aromatic amines is 1. The Morgan fingerprint density at radius 3 is 3.00 bits per heavy atom. The SMILES string of the molecule is Cn1nc(-c2cnc3[nH]cc(C(=O)O)c3n2)c2cc(Cl)ccc21. The third-order valence-corrected chi connectivity index (χ3v) is 3.90. The van der Waals surface area contributed by atoms with E-state index in [0.717, 1.165) is 10.9 Å². The van der Waals surface area contributed by atoms with Gasteiger partial charge < -0.3 is 10.1 Å². The molecule has 3 aromatic heterocycles. The quantitative estimate of drug-likeness (QED) is 0.590. The summed E-state index contributed by atoms with van der Waals surface area (Å²) in [5.74, 6) is -1.06. The second-order valence-corrected chi connectivity index (χ2v) is 5.53. The minimum atomic E-state index is -1.06. The second kappa shape index (κ2) is 4.79. The summed E-state index contributed by atoms with van der Waals surface area (Å²) in [6, 6.07) is 5.47. The molecule has 0 unspecified atom stereocenters. The number of hydrogen-bond acceptors (Lipinski definition) is 4. The Kier molecular flexibility index (Phi) is 2.85. The molecule has 4 rings (SSSR count). The van der Waals surface area contributed by atoms with Gasteiger partial charge in [-0.1, -0.05) is 11.6 Å². The molecule has 0 aliphatic rings. The fourth-order valence-corrected chi connectivity index (χ4v) is 2.77. The van der Waals surface area contributed by atoms with Gasteiger partial charge in [-0.2, -0.15) is 5.10 Å². The first-order valence-electron chi connectivity index (χ1n) is 6.74. The largest absolute Gasteiger partial charge is 0.478 e. The van der Waals surface area contributed by atoms with Gasteiger partial charge in [-0.05, 0) is 18.2 Å². The van der Waals surface area contributed by atoms with Gasteiger partial charge in [0.25, 0.3) is 0 Å². The summed E-state index contributed by atoms with van der Waals surface area (Å²) in [6.45, 7) is 0. The maximum Gasteiger partial charge on any atom is 0.339 e. The summed E-state index contributed by atoms with van der Waals surface area (Å²) in [5.41, 5.74) is 2.80. The van der Waals surface area contributed by atoms with Crippen molar-refractivity contribution in [3.05, 3.63) is 41.2 Å². The van der Waals surface area contributed by atoms with Crippen LogP contribution in [0.25, 0.3) is 33.5 Å². The Labute approximate surface area is 134 Å². The molecular formula is C15H10ClN5O2. The zero-order chi connectivity index (χ0) is 16.1. The number of aromatic carboxylic acids is 1. The Bertz CT molecular complexity index is 1080. The molecule has 0 aliphatic carbocycles. The normalized spacial score (nSPS) is 11.4. The fraction of sp³-hybridized carbons (Fsp3) is 0.0667. The van der Waals surface area contributed by atoms with Crippen LogP contribution in [-0.2, 0) is 7.05 Å². The molecule has 0 saturated carbocycles. The molecular weight excluding hydrogens is 318 g/mol. The average molecular weight is 328 g/mol. The highest BCUT2D eigenvalue weighted by atomic mass is 35.5. The van der Waals surface area contributed by atoms with Crippen molar-refractivity contribution in [2.75, 3.05) is 0 Å². The van der Waals surface area contributed by atoms with Crippen molar-refractivity contribution in [2.24, 2.45) is 7.05 Å². The molecule has 0 spiro atoms. The molecule has 0 saturated heterocycles. The number of nitrogens with one attached hydrogen (secondary N) is 1. The van der Waals surface area contributed by atoms with Crippen LogP contribution in [-0.4, -0.2) is 35.8 Å². The number of aryl methyl sites for hydroxylation is 1. The van der Waals surface area contributed by atoms with E-state index in [2.05, 4.69) is 20.1 Å². The minimum absolute atomic E-state index is 0.0765. The van der Waals surface area contributed by atoms with Gasteiger partial charge in [0.05, 0.1) is 11.7 Å². The molecule has 0 amide bonds. The zero-order valence-electron chi connectivity index (χ0n) is 11.9. The molecule has 4 aromatic rings. The van der Waals surface area contributed by atoms with Crippen molar-refractivity contribution < 1.29 is 9.90 Å². The molecule has 3 heterocycles. The number of carbonyl (C=O) groups is 1. The number of benzene rings is 1. The smallest absolute Gasteiger partial charge is 0.339 e. The summed E-state index contributed by atoms with van der Waals surface area (Å²) in [5, 5.41) is 15.1. The third kappa shape index (κ3) is 2.05. The highest BCUT2D eigenvalue weighted by Gasteiger charge is 2.17. The lowest BCUT2D eigenvalue weighted by molar-refractivity contribution is 0.0699.